The fourth-order valence-corrected chi connectivity index (χ4v) is 3.07. The molecule has 0 spiro atoms. The monoisotopic (exact) mass is 366 g/mol. The van der Waals surface area contributed by atoms with Gasteiger partial charge in [0.15, 0.2) is 0 Å². The molecule has 2 rings (SSSR count). The molecule has 2 amide bonds. The molecule has 1 fully saturated rings. The highest BCUT2D eigenvalue weighted by atomic mass is 19.1. The first-order chi connectivity index (χ1) is 12.1. The van der Waals surface area contributed by atoms with Crippen LogP contribution in [-0.4, -0.2) is 54.8 Å². The number of benzene rings is 1. The van der Waals surface area contributed by atoms with Gasteiger partial charge in [0.2, 0.25) is 0 Å². The lowest BCUT2D eigenvalue weighted by Crippen LogP contribution is -2.41. The highest BCUT2D eigenvalue weighted by Crippen LogP contribution is 2.33. The maximum absolute atomic E-state index is 14.5. The van der Waals surface area contributed by atoms with Crippen LogP contribution in [0.3, 0.4) is 0 Å². The minimum atomic E-state index is -0.552. The molecule has 0 aromatic heterocycles. The van der Waals surface area contributed by atoms with E-state index in [1.807, 2.05) is 20.8 Å². The number of ether oxygens (including phenoxy) is 1. The van der Waals surface area contributed by atoms with Crippen LogP contribution >= 0.6 is 0 Å². The van der Waals surface area contributed by atoms with Crippen molar-refractivity contribution in [3.8, 4) is 0 Å². The Morgan fingerprint density at radius 1 is 1.23 bits per heavy atom. The maximum atomic E-state index is 14.5. The van der Waals surface area contributed by atoms with Crippen LogP contribution in [0.2, 0.25) is 0 Å². The molecule has 1 aliphatic rings. The van der Waals surface area contributed by atoms with Gasteiger partial charge in [-0.3, -0.25) is 9.63 Å². The Labute approximate surface area is 153 Å². The average Bonchev–Trinajstić information content (AvgIpc) is 2.59. The lowest BCUT2D eigenvalue weighted by atomic mass is 9.86. The van der Waals surface area contributed by atoms with E-state index in [4.69, 9.17) is 9.57 Å². The number of rotatable bonds is 3. The zero-order chi connectivity index (χ0) is 19.5. The fourth-order valence-electron chi connectivity index (χ4n) is 3.07. The molecule has 144 valence electrons. The molecule has 1 aromatic rings. The molecule has 6 nitrogen and oxygen atoms in total. The summed E-state index contributed by atoms with van der Waals surface area (Å²) in [6, 6.07) is 4.49. The number of hydrogen-bond donors (Lipinski definition) is 0. The van der Waals surface area contributed by atoms with Crippen LogP contribution in [0.1, 0.15) is 55.5 Å². The molecule has 1 saturated heterocycles. The van der Waals surface area contributed by atoms with E-state index in [0.717, 1.165) is 5.06 Å². The second-order valence-electron chi connectivity index (χ2n) is 7.43. The van der Waals surface area contributed by atoms with Crippen molar-refractivity contribution in [3.05, 3.63) is 35.1 Å². The van der Waals surface area contributed by atoms with Crippen molar-refractivity contribution in [2.24, 2.45) is 0 Å². The number of nitrogens with zero attached hydrogens (tertiary/aromatic N) is 2. The number of halogens is 1. The Morgan fingerprint density at radius 2 is 1.85 bits per heavy atom. The van der Waals surface area contributed by atoms with E-state index in [0.29, 0.717) is 37.1 Å². The summed E-state index contributed by atoms with van der Waals surface area (Å²) < 4.78 is 19.9. The van der Waals surface area contributed by atoms with Gasteiger partial charge in [-0.2, -0.15) is 0 Å². The van der Waals surface area contributed by atoms with Gasteiger partial charge in [0, 0.05) is 31.3 Å². The van der Waals surface area contributed by atoms with Gasteiger partial charge in [0.05, 0.1) is 7.11 Å². The second kappa shape index (κ2) is 8.03. The van der Waals surface area contributed by atoms with Gasteiger partial charge in [0.1, 0.15) is 11.4 Å². The van der Waals surface area contributed by atoms with E-state index in [1.54, 1.807) is 11.0 Å². The summed E-state index contributed by atoms with van der Waals surface area (Å²) in [4.78, 5) is 31.2. The SMILES string of the molecule is CON(C)C(=O)c1cccc(F)c1C1CCN(C(=O)OC(C)(C)C)CC1. The van der Waals surface area contributed by atoms with Crippen molar-refractivity contribution < 1.29 is 23.6 Å². The molecule has 0 atom stereocenters. The maximum Gasteiger partial charge on any atom is 0.410 e. The lowest BCUT2D eigenvalue weighted by molar-refractivity contribution is -0.0758. The molecule has 0 unspecified atom stereocenters. The Bertz CT molecular complexity index is 664. The third-order valence-corrected chi connectivity index (χ3v) is 4.40. The molecular formula is C19H27FN2O4. The molecule has 0 bridgehead atoms. The van der Waals surface area contributed by atoms with Gasteiger partial charge < -0.3 is 9.64 Å². The summed E-state index contributed by atoms with van der Waals surface area (Å²) in [6.45, 7) is 6.38. The minimum absolute atomic E-state index is 0.140. The summed E-state index contributed by atoms with van der Waals surface area (Å²) >= 11 is 0. The molecule has 0 radical (unpaired) electrons. The third-order valence-electron chi connectivity index (χ3n) is 4.40. The first-order valence-corrected chi connectivity index (χ1v) is 8.72. The molecule has 7 heteroatoms. The van der Waals surface area contributed by atoms with Crippen molar-refractivity contribution >= 4 is 12.0 Å². The second-order valence-corrected chi connectivity index (χ2v) is 7.43. The van der Waals surface area contributed by atoms with E-state index in [2.05, 4.69) is 0 Å². The predicted molar refractivity (Wildman–Crippen MR) is 95.3 cm³/mol. The fraction of sp³-hybridized carbons (Fsp3) is 0.579. The molecular weight excluding hydrogens is 339 g/mol. The summed E-state index contributed by atoms with van der Waals surface area (Å²) in [5, 5.41) is 1.08. The van der Waals surface area contributed by atoms with Crippen molar-refractivity contribution in [1.82, 2.24) is 9.96 Å². The van der Waals surface area contributed by atoms with Crippen LogP contribution in [0.25, 0.3) is 0 Å². The molecule has 0 aliphatic carbocycles. The van der Waals surface area contributed by atoms with Crippen molar-refractivity contribution in [1.29, 1.82) is 0 Å². The molecule has 0 saturated carbocycles. The Kier molecular flexibility index (Phi) is 6.23. The zero-order valence-electron chi connectivity index (χ0n) is 16.0. The van der Waals surface area contributed by atoms with Gasteiger partial charge in [-0.05, 0) is 51.7 Å². The number of hydrogen-bond acceptors (Lipinski definition) is 4. The van der Waals surface area contributed by atoms with E-state index < -0.39 is 17.3 Å². The topological polar surface area (TPSA) is 59.1 Å². The summed E-state index contributed by atoms with van der Waals surface area (Å²) in [6.07, 6.45) is 0.772. The largest absolute Gasteiger partial charge is 0.444 e. The van der Waals surface area contributed by atoms with Gasteiger partial charge in [-0.25, -0.2) is 14.2 Å². The molecule has 1 heterocycles. The van der Waals surface area contributed by atoms with Crippen molar-refractivity contribution in [2.45, 2.75) is 45.1 Å². The van der Waals surface area contributed by atoms with Crippen molar-refractivity contribution in [3.63, 3.8) is 0 Å². The minimum Gasteiger partial charge on any atom is -0.444 e. The lowest BCUT2D eigenvalue weighted by Gasteiger charge is -2.34. The zero-order valence-corrected chi connectivity index (χ0v) is 16.0. The third kappa shape index (κ3) is 4.72. The smallest absolute Gasteiger partial charge is 0.410 e. The highest BCUT2D eigenvalue weighted by molar-refractivity contribution is 5.95. The number of carbonyl (C=O) groups excluding carboxylic acids is 2. The first-order valence-electron chi connectivity index (χ1n) is 8.72. The standard InChI is InChI=1S/C19H27FN2O4/c1-19(2,3)26-18(24)22-11-9-13(10-12-22)16-14(7-6-8-15(16)20)17(23)21(4)25-5/h6-8,13H,9-12H2,1-5H3. The predicted octanol–water partition coefficient (Wildman–Crippen LogP) is 3.57. The van der Waals surface area contributed by atoms with Crippen LogP contribution in [0, 0.1) is 5.82 Å². The van der Waals surface area contributed by atoms with Crippen LogP contribution in [0.15, 0.2) is 18.2 Å². The van der Waals surface area contributed by atoms with E-state index >= 15 is 0 Å². The van der Waals surface area contributed by atoms with E-state index in [-0.39, 0.29) is 12.0 Å². The molecule has 1 aliphatic heterocycles. The van der Waals surface area contributed by atoms with E-state index in [9.17, 15) is 14.0 Å². The Morgan fingerprint density at radius 3 is 2.38 bits per heavy atom. The summed E-state index contributed by atoms with van der Waals surface area (Å²) in [7, 11) is 2.87. The molecule has 0 N–H and O–H groups in total. The quantitative estimate of drug-likeness (QED) is 0.768. The van der Waals surface area contributed by atoms with Gasteiger partial charge in [0.25, 0.3) is 5.91 Å². The van der Waals surface area contributed by atoms with Gasteiger partial charge >= 0.3 is 6.09 Å². The Hall–Kier alpha value is -2.15. The summed E-state index contributed by atoms with van der Waals surface area (Å²) in [5.41, 5.74) is 0.138. The normalized spacial score (nSPS) is 15.7. The highest BCUT2D eigenvalue weighted by Gasteiger charge is 2.31. The number of piperidine rings is 1. The molecule has 26 heavy (non-hydrogen) atoms. The van der Waals surface area contributed by atoms with Gasteiger partial charge in [-0.1, -0.05) is 6.07 Å². The first kappa shape index (κ1) is 20.2. The molecule has 1 aromatic carbocycles. The Balaban J connectivity index is 2.14. The average molecular weight is 366 g/mol. The number of carbonyl (C=O) groups is 2. The number of amides is 2. The summed E-state index contributed by atoms with van der Waals surface area (Å²) in [5.74, 6) is -0.938. The number of likely N-dealkylation sites (tertiary alicyclic amines) is 1. The van der Waals surface area contributed by atoms with Crippen LogP contribution < -0.4 is 0 Å². The van der Waals surface area contributed by atoms with Gasteiger partial charge in [-0.15, -0.1) is 0 Å². The van der Waals surface area contributed by atoms with Crippen molar-refractivity contribution in [2.75, 3.05) is 27.2 Å². The number of hydroxylamine groups is 2. The van der Waals surface area contributed by atoms with E-state index in [1.165, 1.54) is 26.3 Å². The van der Waals surface area contributed by atoms with Crippen LogP contribution in [-0.2, 0) is 9.57 Å². The van der Waals surface area contributed by atoms with Crippen LogP contribution in [0.5, 0.6) is 0 Å². The van der Waals surface area contributed by atoms with Crippen LogP contribution in [0.4, 0.5) is 9.18 Å².